The Labute approximate surface area is 77.6 Å². The van der Waals surface area contributed by atoms with E-state index in [0.29, 0.717) is 0 Å². The molecule has 0 aliphatic heterocycles. The zero-order chi connectivity index (χ0) is 8.24. The lowest BCUT2D eigenvalue weighted by atomic mass is 10.2. The summed E-state index contributed by atoms with van der Waals surface area (Å²) in [6.07, 6.45) is 7.01. The predicted molar refractivity (Wildman–Crippen MR) is 54.4 cm³/mol. The molecule has 2 heteroatoms. The molecule has 0 aliphatic carbocycles. The molecule has 0 amide bonds. The molecule has 1 N–H and O–H groups in total. The van der Waals surface area contributed by atoms with Crippen LogP contribution in [0.2, 0.25) is 0 Å². The fraction of sp³-hybridized carbons (Fsp3) is 1.00. The Balaban J connectivity index is -0.000000140. The molecule has 0 radical (unpaired) electrons. The van der Waals surface area contributed by atoms with Crippen LogP contribution >= 0.6 is 12.4 Å². The van der Waals surface area contributed by atoms with Gasteiger partial charge in [-0.25, -0.2) is 0 Å². The summed E-state index contributed by atoms with van der Waals surface area (Å²) in [6.45, 7) is 6.42. The zero-order valence-electron chi connectivity index (χ0n) is 8.10. The molecule has 0 atom stereocenters. The van der Waals surface area contributed by atoms with E-state index in [9.17, 15) is 0 Å². The molecule has 72 valence electrons. The Morgan fingerprint density at radius 1 is 0.818 bits per heavy atom. The molecule has 0 aromatic carbocycles. The van der Waals surface area contributed by atoms with Crippen molar-refractivity contribution < 1.29 is 5.11 Å². The minimum Gasteiger partial charge on any atom is -0.397 e. The third kappa shape index (κ3) is 38.6. The second-order valence-corrected chi connectivity index (χ2v) is 2.38. The van der Waals surface area contributed by atoms with Crippen molar-refractivity contribution in [1.82, 2.24) is 0 Å². The number of aliphatic hydroxyl groups is 1. The molecule has 1 nitrogen and oxygen atoms in total. The highest BCUT2D eigenvalue weighted by molar-refractivity contribution is 5.85. The van der Waals surface area contributed by atoms with Gasteiger partial charge in [0.25, 0.3) is 0 Å². The highest BCUT2D eigenvalue weighted by Gasteiger charge is 1.80. The Kier molecular flexibility index (Phi) is 35.4. The van der Waals surface area contributed by atoms with Gasteiger partial charge in [0.1, 0.15) is 0 Å². The van der Waals surface area contributed by atoms with Gasteiger partial charge in [-0.15, -0.1) is 12.4 Å². The van der Waals surface area contributed by atoms with E-state index in [-0.39, 0.29) is 19.0 Å². The van der Waals surface area contributed by atoms with Gasteiger partial charge in [-0.3, -0.25) is 0 Å². The minimum absolute atomic E-state index is 0. The fourth-order valence-electron chi connectivity index (χ4n) is 0.677. The molecule has 11 heavy (non-hydrogen) atoms. The van der Waals surface area contributed by atoms with Crippen molar-refractivity contribution in [2.45, 2.75) is 52.9 Å². The van der Waals surface area contributed by atoms with E-state index < -0.39 is 0 Å². The van der Waals surface area contributed by atoms with Gasteiger partial charge in [-0.05, 0) is 6.92 Å². The van der Waals surface area contributed by atoms with Crippen molar-refractivity contribution in [2.75, 3.05) is 6.61 Å². The third-order valence-electron chi connectivity index (χ3n) is 1.21. The second-order valence-electron chi connectivity index (χ2n) is 2.38. The van der Waals surface area contributed by atoms with Crippen molar-refractivity contribution >= 4 is 12.4 Å². The number of aliphatic hydroxyl groups excluding tert-OH is 1. The van der Waals surface area contributed by atoms with E-state index >= 15 is 0 Å². The molecule has 0 aliphatic rings. The highest BCUT2D eigenvalue weighted by atomic mass is 35.5. The molecule has 0 spiro atoms. The summed E-state index contributed by atoms with van der Waals surface area (Å²) in [4.78, 5) is 0. The summed E-state index contributed by atoms with van der Waals surface area (Å²) in [5.74, 6) is 0. The first kappa shape index (κ1) is 17.4. The predicted octanol–water partition coefficient (Wildman–Crippen LogP) is 3.40. The molecule has 0 rings (SSSR count). The number of halogens is 1. The van der Waals surface area contributed by atoms with Crippen LogP contribution in [0.1, 0.15) is 52.9 Å². The molecule has 0 aromatic heterocycles. The standard InChI is InChI=1S/C7H16.C2H6O.ClH/c1-3-5-7-6-4-2;1-2-3;/h3-7H2,1-2H3;3H,2H2,1H3;1H. The van der Waals surface area contributed by atoms with Crippen LogP contribution in [0.15, 0.2) is 0 Å². The number of hydrogen-bond donors (Lipinski definition) is 1. The molecule has 0 saturated carbocycles. The lowest BCUT2D eigenvalue weighted by Crippen LogP contribution is -1.70. The molecule has 0 heterocycles. The summed E-state index contributed by atoms with van der Waals surface area (Å²) < 4.78 is 0. The van der Waals surface area contributed by atoms with Crippen molar-refractivity contribution in [3.8, 4) is 0 Å². The van der Waals surface area contributed by atoms with Crippen LogP contribution in [0, 0.1) is 0 Å². The van der Waals surface area contributed by atoms with E-state index in [4.69, 9.17) is 5.11 Å². The molecule has 0 aromatic rings. The van der Waals surface area contributed by atoms with E-state index in [1.165, 1.54) is 32.1 Å². The van der Waals surface area contributed by atoms with Crippen LogP contribution < -0.4 is 0 Å². The van der Waals surface area contributed by atoms with Gasteiger partial charge in [-0.1, -0.05) is 46.0 Å². The second kappa shape index (κ2) is 22.5. The molecular weight excluding hydrogens is 160 g/mol. The number of hydrogen-bond acceptors (Lipinski definition) is 1. The maximum absolute atomic E-state index is 7.57. The van der Waals surface area contributed by atoms with Crippen LogP contribution in [-0.2, 0) is 0 Å². The van der Waals surface area contributed by atoms with Crippen LogP contribution in [0.25, 0.3) is 0 Å². The van der Waals surface area contributed by atoms with Crippen molar-refractivity contribution in [3.05, 3.63) is 0 Å². The Morgan fingerprint density at radius 3 is 1.27 bits per heavy atom. The molecular formula is C9H23ClO. The van der Waals surface area contributed by atoms with Gasteiger partial charge in [0.15, 0.2) is 0 Å². The van der Waals surface area contributed by atoms with Gasteiger partial charge in [0.05, 0.1) is 0 Å². The average Bonchev–Trinajstić information content (AvgIpc) is 1.91. The minimum atomic E-state index is 0. The number of rotatable bonds is 4. The fourth-order valence-corrected chi connectivity index (χ4v) is 0.677. The smallest absolute Gasteiger partial charge is 0.0402 e. The summed E-state index contributed by atoms with van der Waals surface area (Å²) in [7, 11) is 0. The number of unbranched alkanes of at least 4 members (excludes halogenated alkanes) is 4. The monoisotopic (exact) mass is 182 g/mol. The van der Waals surface area contributed by atoms with Crippen LogP contribution in [0.5, 0.6) is 0 Å². The van der Waals surface area contributed by atoms with E-state index in [1.54, 1.807) is 6.92 Å². The average molecular weight is 183 g/mol. The van der Waals surface area contributed by atoms with Crippen molar-refractivity contribution in [1.29, 1.82) is 0 Å². The summed E-state index contributed by atoms with van der Waals surface area (Å²) >= 11 is 0. The van der Waals surface area contributed by atoms with Gasteiger partial charge >= 0.3 is 0 Å². The largest absolute Gasteiger partial charge is 0.397 e. The molecule has 0 unspecified atom stereocenters. The first-order valence-corrected chi connectivity index (χ1v) is 4.44. The third-order valence-corrected chi connectivity index (χ3v) is 1.21. The maximum atomic E-state index is 7.57. The quantitative estimate of drug-likeness (QED) is 0.661. The first-order chi connectivity index (χ1) is 4.83. The molecule has 0 bridgehead atoms. The Hall–Kier alpha value is 0.250. The summed E-state index contributed by atoms with van der Waals surface area (Å²) in [6, 6.07) is 0. The van der Waals surface area contributed by atoms with Gasteiger partial charge < -0.3 is 5.11 Å². The Bertz CT molecular complexity index is 36.5. The van der Waals surface area contributed by atoms with Gasteiger partial charge in [-0.2, -0.15) is 0 Å². The zero-order valence-corrected chi connectivity index (χ0v) is 8.91. The van der Waals surface area contributed by atoms with Gasteiger partial charge in [0, 0.05) is 6.61 Å². The SMILES string of the molecule is CCCCCCC.CCO.Cl. The van der Waals surface area contributed by atoms with Gasteiger partial charge in [0.2, 0.25) is 0 Å². The normalized spacial score (nSPS) is 7.64. The van der Waals surface area contributed by atoms with E-state index in [0.717, 1.165) is 0 Å². The Morgan fingerprint density at radius 2 is 1.09 bits per heavy atom. The first-order valence-electron chi connectivity index (χ1n) is 4.44. The maximum Gasteiger partial charge on any atom is 0.0402 e. The summed E-state index contributed by atoms with van der Waals surface area (Å²) in [5.41, 5.74) is 0. The van der Waals surface area contributed by atoms with Crippen molar-refractivity contribution in [3.63, 3.8) is 0 Å². The topological polar surface area (TPSA) is 20.2 Å². The lowest BCUT2D eigenvalue weighted by Gasteiger charge is -1.90. The highest BCUT2D eigenvalue weighted by Crippen LogP contribution is 2.00. The summed E-state index contributed by atoms with van der Waals surface area (Å²) in [5, 5.41) is 7.57. The van der Waals surface area contributed by atoms with Crippen LogP contribution in [-0.4, -0.2) is 11.7 Å². The van der Waals surface area contributed by atoms with Crippen molar-refractivity contribution in [2.24, 2.45) is 0 Å². The van der Waals surface area contributed by atoms with Crippen LogP contribution in [0.4, 0.5) is 0 Å². The molecule has 0 fully saturated rings. The van der Waals surface area contributed by atoms with E-state index in [2.05, 4.69) is 13.8 Å². The van der Waals surface area contributed by atoms with Crippen LogP contribution in [0.3, 0.4) is 0 Å². The van der Waals surface area contributed by atoms with E-state index in [1.807, 2.05) is 0 Å². The molecule has 0 saturated heterocycles. The lowest BCUT2D eigenvalue weighted by molar-refractivity contribution is 0.318.